The molecule has 0 atom stereocenters. The summed E-state index contributed by atoms with van der Waals surface area (Å²) >= 11 is 0. The first-order chi connectivity index (χ1) is 9.05. The normalized spacial score (nSPS) is 21.6. The Morgan fingerprint density at radius 1 is 1.16 bits per heavy atom. The quantitative estimate of drug-likeness (QED) is 0.589. The van der Waals surface area contributed by atoms with Gasteiger partial charge < -0.3 is 5.11 Å². The number of carbonyl (C=O) groups excluding carboxylic acids is 2. The first kappa shape index (κ1) is 14.0. The van der Waals surface area contributed by atoms with Crippen LogP contribution >= 0.6 is 0 Å². The minimum Gasteiger partial charge on any atom is -0.481 e. The maximum atomic E-state index is 12.3. The van der Waals surface area contributed by atoms with Crippen LogP contribution in [-0.2, 0) is 14.4 Å². The lowest BCUT2D eigenvalue weighted by molar-refractivity contribution is -0.142. The summed E-state index contributed by atoms with van der Waals surface area (Å²) in [6.07, 6.45) is 6.41. The molecule has 1 saturated heterocycles. The van der Waals surface area contributed by atoms with Crippen LogP contribution in [0.5, 0.6) is 0 Å². The van der Waals surface area contributed by atoms with Gasteiger partial charge in [-0.2, -0.15) is 0 Å². The van der Waals surface area contributed by atoms with Crippen molar-refractivity contribution in [2.45, 2.75) is 57.8 Å². The Hall–Kier alpha value is -1.39. The van der Waals surface area contributed by atoms with Crippen LogP contribution in [0.3, 0.4) is 0 Å². The summed E-state index contributed by atoms with van der Waals surface area (Å²) in [5.74, 6) is -0.809. The fourth-order valence-corrected chi connectivity index (χ4v) is 3.25. The minimum atomic E-state index is -0.793. The van der Waals surface area contributed by atoms with Crippen molar-refractivity contribution in [3.63, 3.8) is 0 Å². The third-order valence-electron chi connectivity index (χ3n) is 4.32. The fraction of sp³-hybridized carbons (Fsp3) is 0.786. The van der Waals surface area contributed by atoms with Gasteiger partial charge in [0, 0.05) is 19.4 Å². The molecule has 0 bridgehead atoms. The molecule has 19 heavy (non-hydrogen) atoms. The Bertz CT molecular complexity index is 385. The van der Waals surface area contributed by atoms with Crippen LogP contribution in [0.1, 0.15) is 57.8 Å². The second-order valence-corrected chi connectivity index (χ2v) is 5.72. The van der Waals surface area contributed by atoms with E-state index in [1.807, 2.05) is 0 Å². The highest BCUT2D eigenvalue weighted by Crippen LogP contribution is 2.46. The lowest BCUT2D eigenvalue weighted by atomic mass is 9.84. The van der Waals surface area contributed by atoms with E-state index in [4.69, 9.17) is 5.11 Å². The minimum absolute atomic E-state index is 0.0215. The molecule has 2 aliphatic rings. The van der Waals surface area contributed by atoms with Crippen LogP contribution in [0.25, 0.3) is 0 Å². The van der Waals surface area contributed by atoms with E-state index in [2.05, 4.69) is 0 Å². The molecule has 1 saturated carbocycles. The molecule has 1 N–H and O–H groups in total. The molecule has 106 valence electrons. The SMILES string of the molecule is O=C(O)CCCCCN1C(=O)CC2(CCCC2)C1=O. The largest absolute Gasteiger partial charge is 0.481 e. The highest BCUT2D eigenvalue weighted by Gasteiger charge is 2.52. The molecule has 0 aromatic carbocycles. The lowest BCUT2D eigenvalue weighted by Crippen LogP contribution is -2.35. The van der Waals surface area contributed by atoms with Crippen molar-refractivity contribution >= 4 is 17.8 Å². The summed E-state index contributed by atoms with van der Waals surface area (Å²) in [7, 11) is 0. The molecule has 0 unspecified atom stereocenters. The molecule has 5 nitrogen and oxygen atoms in total. The summed E-state index contributed by atoms with van der Waals surface area (Å²) in [6.45, 7) is 0.457. The number of hydrogen-bond donors (Lipinski definition) is 1. The smallest absolute Gasteiger partial charge is 0.303 e. The molecular formula is C14H21NO4. The van der Waals surface area contributed by atoms with E-state index < -0.39 is 5.97 Å². The maximum absolute atomic E-state index is 12.3. The van der Waals surface area contributed by atoms with Gasteiger partial charge in [-0.25, -0.2) is 0 Å². The van der Waals surface area contributed by atoms with Crippen molar-refractivity contribution in [3.05, 3.63) is 0 Å². The molecule has 5 heteroatoms. The number of unbranched alkanes of at least 4 members (excludes halogenated alkanes) is 2. The maximum Gasteiger partial charge on any atom is 0.303 e. The Balaban J connectivity index is 1.79. The topological polar surface area (TPSA) is 74.7 Å². The number of carboxylic acid groups (broad SMARTS) is 1. The molecule has 0 aromatic heterocycles. The van der Waals surface area contributed by atoms with Crippen LogP contribution in [0.2, 0.25) is 0 Å². The van der Waals surface area contributed by atoms with Crippen molar-refractivity contribution in [2.24, 2.45) is 5.41 Å². The van der Waals surface area contributed by atoms with E-state index in [-0.39, 0.29) is 23.7 Å². The number of nitrogens with zero attached hydrogens (tertiary/aromatic N) is 1. The Kier molecular flexibility index (Phi) is 4.22. The third kappa shape index (κ3) is 2.96. The zero-order valence-corrected chi connectivity index (χ0v) is 11.2. The fourth-order valence-electron chi connectivity index (χ4n) is 3.25. The van der Waals surface area contributed by atoms with Gasteiger partial charge in [0.2, 0.25) is 11.8 Å². The average molecular weight is 267 g/mol. The first-order valence-electron chi connectivity index (χ1n) is 7.12. The Morgan fingerprint density at radius 2 is 1.84 bits per heavy atom. The number of rotatable bonds is 6. The summed E-state index contributed by atoms with van der Waals surface area (Å²) in [5.41, 5.74) is -0.377. The number of hydrogen-bond acceptors (Lipinski definition) is 3. The van der Waals surface area contributed by atoms with Gasteiger partial charge in [0.15, 0.2) is 0 Å². The second kappa shape index (κ2) is 5.72. The van der Waals surface area contributed by atoms with E-state index in [1.165, 1.54) is 4.90 Å². The number of carbonyl (C=O) groups is 3. The summed E-state index contributed by atoms with van der Waals surface area (Å²) in [4.78, 5) is 36.0. The van der Waals surface area contributed by atoms with Crippen LogP contribution in [0.15, 0.2) is 0 Å². The predicted octanol–water partition coefficient (Wildman–Crippen LogP) is 1.95. The van der Waals surface area contributed by atoms with Gasteiger partial charge in [-0.3, -0.25) is 19.3 Å². The number of imide groups is 1. The van der Waals surface area contributed by atoms with E-state index in [0.29, 0.717) is 25.8 Å². The van der Waals surface area contributed by atoms with Gasteiger partial charge in [0.25, 0.3) is 0 Å². The van der Waals surface area contributed by atoms with E-state index >= 15 is 0 Å². The van der Waals surface area contributed by atoms with E-state index in [9.17, 15) is 14.4 Å². The third-order valence-corrected chi connectivity index (χ3v) is 4.32. The van der Waals surface area contributed by atoms with Crippen LogP contribution in [0, 0.1) is 5.41 Å². The Labute approximate surface area is 113 Å². The number of carboxylic acids is 1. The lowest BCUT2D eigenvalue weighted by Gasteiger charge is -2.20. The van der Waals surface area contributed by atoms with E-state index in [1.54, 1.807) is 0 Å². The van der Waals surface area contributed by atoms with Crippen LogP contribution < -0.4 is 0 Å². The van der Waals surface area contributed by atoms with E-state index in [0.717, 1.165) is 32.1 Å². The standard InChI is InChI=1S/C14H21NO4/c16-11-10-14(7-3-4-8-14)13(19)15(11)9-5-1-2-6-12(17)18/h1-10H2,(H,17,18). The summed E-state index contributed by atoms with van der Waals surface area (Å²) in [6, 6.07) is 0. The zero-order chi connectivity index (χ0) is 13.9. The zero-order valence-electron chi connectivity index (χ0n) is 11.2. The predicted molar refractivity (Wildman–Crippen MR) is 68.3 cm³/mol. The highest BCUT2D eigenvalue weighted by atomic mass is 16.4. The van der Waals surface area contributed by atoms with Crippen LogP contribution in [-0.4, -0.2) is 34.3 Å². The number of aliphatic carboxylic acids is 1. The van der Waals surface area contributed by atoms with Gasteiger partial charge >= 0.3 is 5.97 Å². The van der Waals surface area contributed by atoms with Gasteiger partial charge in [-0.05, 0) is 25.7 Å². The molecule has 2 rings (SSSR count). The van der Waals surface area contributed by atoms with Crippen molar-refractivity contribution < 1.29 is 19.5 Å². The van der Waals surface area contributed by atoms with Crippen molar-refractivity contribution in [2.75, 3.05) is 6.54 Å². The number of amides is 2. The monoisotopic (exact) mass is 267 g/mol. The van der Waals surface area contributed by atoms with Gasteiger partial charge in [-0.1, -0.05) is 19.3 Å². The second-order valence-electron chi connectivity index (χ2n) is 5.72. The summed E-state index contributed by atoms with van der Waals surface area (Å²) < 4.78 is 0. The van der Waals surface area contributed by atoms with Crippen molar-refractivity contribution in [3.8, 4) is 0 Å². The molecule has 1 aliphatic heterocycles. The molecule has 2 amide bonds. The highest BCUT2D eigenvalue weighted by molar-refractivity contribution is 6.06. The molecular weight excluding hydrogens is 246 g/mol. The molecule has 1 spiro atoms. The first-order valence-corrected chi connectivity index (χ1v) is 7.12. The van der Waals surface area contributed by atoms with Crippen molar-refractivity contribution in [1.82, 2.24) is 4.90 Å². The number of likely N-dealkylation sites (tertiary alicyclic amines) is 1. The molecule has 1 aliphatic carbocycles. The molecule has 0 aromatic rings. The molecule has 0 radical (unpaired) electrons. The van der Waals surface area contributed by atoms with Gasteiger partial charge in [0.1, 0.15) is 0 Å². The summed E-state index contributed by atoms with van der Waals surface area (Å²) in [5, 5.41) is 8.53. The van der Waals surface area contributed by atoms with Crippen LogP contribution in [0.4, 0.5) is 0 Å². The molecule has 1 heterocycles. The average Bonchev–Trinajstić information content (AvgIpc) is 2.89. The Morgan fingerprint density at radius 3 is 2.47 bits per heavy atom. The van der Waals surface area contributed by atoms with Gasteiger partial charge in [-0.15, -0.1) is 0 Å². The van der Waals surface area contributed by atoms with Crippen molar-refractivity contribution in [1.29, 1.82) is 0 Å². The molecule has 2 fully saturated rings. The van der Waals surface area contributed by atoms with Gasteiger partial charge in [0.05, 0.1) is 5.41 Å².